The molecule has 1 heterocycles. The topological polar surface area (TPSA) is 285 Å². The number of rotatable bonds is 26. The van der Waals surface area contributed by atoms with Gasteiger partial charge in [0, 0.05) is 57.9 Å². The first kappa shape index (κ1) is 39.7. The SMILES string of the molecule is CCCC(=O)CCC(NC(=O)CC[C@H](CC(=O)CCCNC(=O)CCCS(=O)(=O)NC(=O)CCCc1nn[nH]n1)C(=O)O)C(=O)O. The standard InChI is InChI=1S/C27H43N7O11S/c1-2-6-19(35)12-13-21(27(42)43)29-24(38)14-11-18(26(40)41)17-20(36)7-4-15-28-23(37)10-5-16-46(44,45)32-25(39)9-3-8-22-30-33-34-31-22/h18,21H,2-17H2,1H3,(H,28,37)(H,29,38)(H,32,39)(H,40,41)(H,42,43)(H,30,31,33,34)/t18-,21?/m1/s1. The Balaban J connectivity index is 2.28. The molecule has 258 valence electrons. The van der Waals surface area contributed by atoms with Crippen molar-refractivity contribution in [2.45, 2.75) is 103 Å². The minimum atomic E-state index is -3.93. The second-order valence-corrected chi connectivity index (χ2v) is 12.5. The monoisotopic (exact) mass is 673 g/mol. The molecule has 1 unspecified atom stereocenters. The lowest BCUT2D eigenvalue weighted by Gasteiger charge is -2.16. The van der Waals surface area contributed by atoms with E-state index in [0.717, 1.165) is 0 Å². The van der Waals surface area contributed by atoms with Crippen LogP contribution in [-0.2, 0) is 50.0 Å². The molecule has 0 bridgehead atoms. The van der Waals surface area contributed by atoms with Crippen LogP contribution in [0.4, 0.5) is 0 Å². The van der Waals surface area contributed by atoms with Gasteiger partial charge in [-0.25, -0.2) is 13.2 Å². The first-order valence-electron chi connectivity index (χ1n) is 15.0. The van der Waals surface area contributed by atoms with E-state index in [9.17, 15) is 52.2 Å². The van der Waals surface area contributed by atoms with Gasteiger partial charge in [-0.3, -0.25) is 33.5 Å². The van der Waals surface area contributed by atoms with Gasteiger partial charge < -0.3 is 20.8 Å². The van der Waals surface area contributed by atoms with Crippen LogP contribution < -0.4 is 15.4 Å². The third kappa shape index (κ3) is 18.5. The number of Topliss-reactive ketones (excluding diaryl/α,β-unsaturated/α-hetero) is 2. The number of carbonyl (C=O) groups excluding carboxylic acids is 5. The predicted molar refractivity (Wildman–Crippen MR) is 159 cm³/mol. The van der Waals surface area contributed by atoms with Crippen LogP contribution in [0.15, 0.2) is 0 Å². The van der Waals surface area contributed by atoms with Crippen LogP contribution in [0.3, 0.4) is 0 Å². The molecule has 0 aliphatic rings. The van der Waals surface area contributed by atoms with E-state index >= 15 is 0 Å². The van der Waals surface area contributed by atoms with E-state index in [1.54, 1.807) is 0 Å². The van der Waals surface area contributed by atoms with Crippen molar-refractivity contribution in [1.29, 1.82) is 0 Å². The van der Waals surface area contributed by atoms with Gasteiger partial charge in [-0.1, -0.05) is 12.1 Å². The minimum Gasteiger partial charge on any atom is -0.481 e. The number of aromatic nitrogens is 4. The fourth-order valence-electron chi connectivity index (χ4n) is 4.22. The number of tetrazole rings is 1. The van der Waals surface area contributed by atoms with E-state index < -0.39 is 63.2 Å². The third-order valence-corrected chi connectivity index (χ3v) is 8.02. The largest absolute Gasteiger partial charge is 0.481 e. The van der Waals surface area contributed by atoms with Crippen LogP contribution in [0, 0.1) is 5.92 Å². The number of carboxylic acid groups (broad SMARTS) is 2. The maximum absolute atomic E-state index is 12.3. The maximum Gasteiger partial charge on any atom is 0.326 e. The number of ketones is 2. The number of amides is 3. The summed E-state index contributed by atoms with van der Waals surface area (Å²) in [6, 6.07) is -1.29. The van der Waals surface area contributed by atoms with Crippen molar-refractivity contribution in [3.05, 3.63) is 5.82 Å². The summed E-state index contributed by atoms with van der Waals surface area (Å²) in [5.74, 6) is -6.19. The summed E-state index contributed by atoms with van der Waals surface area (Å²) in [6.07, 6.45) is 0.526. The minimum absolute atomic E-state index is 0.00878. The number of carbonyl (C=O) groups is 7. The van der Waals surface area contributed by atoms with E-state index in [0.29, 0.717) is 31.5 Å². The zero-order valence-electron chi connectivity index (χ0n) is 25.8. The van der Waals surface area contributed by atoms with Gasteiger partial charge in [-0.2, -0.15) is 5.21 Å². The second kappa shape index (κ2) is 21.4. The Hall–Kier alpha value is -4.29. The molecule has 0 saturated heterocycles. The third-order valence-electron chi connectivity index (χ3n) is 6.65. The highest BCUT2D eigenvalue weighted by atomic mass is 32.2. The van der Waals surface area contributed by atoms with Gasteiger partial charge in [0.15, 0.2) is 5.82 Å². The van der Waals surface area contributed by atoms with Crippen molar-refractivity contribution < 1.29 is 52.2 Å². The van der Waals surface area contributed by atoms with Crippen LogP contribution >= 0.6 is 0 Å². The second-order valence-electron chi connectivity index (χ2n) is 10.7. The zero-order valence-corrected chi connectivity index (χ0v) is 26.6. The molecule has 0 aliphatic heterocycles. The fraction of sp³-hybridized carbons (Fsp3) is 0.704. The molecule has 19 heteroatoms. The zero-order chi connectivity index (χ0) is 34.5. The van der Waals surface area contributed by atoms with Crippen molar-refractivity contribution >= 4 is 51.2 Å². The Morgan fingerprint density at radius 3 is 2.15 bits per heavy atom. The predicted octanol–water partition coefficient (Wildman–Crippen LogP) is -0.196. The molecular formula is C27H43N7O11S. The number of aliphatic carboxylic acids is 2. The number of hydrogen-bond acceptors (Lipinski definition) is 12. The Kier molecular flexibility index (Phi) is 18.5. The summed E-state index contributed by atoms with van der Waals surface area (Å²) in [7, 11) is -3.93. The van der Waals surface area contributed by atoms with Crippen molar-refractivity contribution in [1.82, 2.24) is 36.0 Å². The molecule has 0 aromatic carbocycles. The number of nitrogens with zero attached hydrogens (tertiary/aromatic N) is 3. The quantitative estimate of drug-likeness (QED) is 0.0695. The molecule has 46 heavy (non-hydrogen) atoms. The molecule has 0 aliphatic carbocycles. The molecule has 0 radical (unpaired) electrons. The summed E-state index contributed by atoms with van der Waals surface area (Å²) in [5, 5.41) is 36.7. The number of carboxylic acids is 2. The Morgan fingerprint density at radius 2 is 1.52 bits per heavy atom. The van der Waals surface area contributed by atoms with Gasteiger partial charge in [0.25, 0.3) is 0 Å². The van der Waals surface area contributed by atoms with Gasteiger partial charge >= 0.3 is 11.9 Å². The average molecular weight is 674 g/mol. The van der Waals surface area contributed by atoms with Crippen LogP contribution in [0.25, 0.3) is 0 Å². The molecule has 1 aromatic rings. The molecule has 0 fully saturated rings. The van der Waals surface area contributed by atoms with Gasteiger partial charge in [-0.15, -0.1) is 10.2 Å². The van der Waals surface area contributed by atoms with Gasteiger partial charge in [0.1, 0.15) is 17.6 Å². The molecule has 6 N–H and O–H groups in total. The van der Waals surface area contributed by atoms with Gasteiger partial charge in [0.2, 0.25) is 27.7 Å². The van der Waals surface area contributed by atoms with Crippen LogP contribution in [-0.4, -0.2) is 98.8 Å². The number of nitrogens with one attached hydrogen (secondary N) is 4. The Bertz CT molecular complexity index is 1290. The molecule has 18 nitrogen and oxygen atoms in total. The summed E-state index contributed by atoms with van der Waals surface area (Å²) in [6.45, 7) is 1.90. The number of aromatic amines is 1. The number of aryl methyl sites for hydroxylation is 1. The highest BCUT2D eigenvalue weighted by Gasteiger charge is 2.25. The lowest BCUT2D eigenvalue weighted by molar-refractivity contribution is -0.145. The highest BCUT2D eigenvalue weighted by molar-refractivity contribution is 7.90. The van der Waals surface area contributed by atoms with Crippen molar-refractivity contribution in [2.75, 3.05) is 12.3 Å². The first-order valence-corrected chi connectivity index (χ1v) is 16.7. The van der Waals surface area contributed by atoms with Crippen LogP contribution in [0.1, 0.15) is 96.2 Å². The molecule has 1 rings (SSSR count). The van der Waals surface area contributed by atoms with Crippen LogP contribution in [0.2, 0.25) is 0 Å². The van der Waals surface area contributed by atoms with E-state index in [1.807, 2.05) is 11.6 Å². The maximum atomic E-state index is 12.3. The molecule has 0 spiro atoms. The highest BCUT2D eigenvalue weighted by Crippen LogP contribution is 2.15. The van der Waals surface area contributed by atoms with Gasteiger partial charge in [-0.05, 0) is 38.5 Å². The summed E-state index contributed by atoms with van der Waals surface area (Å²) in [4.78, 5) is 83.1. The van der Waals surface area contributed by atoms with Crippen molar-refractivity contribution in [3.8, 4) is 0 Å². The lowest BCUT2D eigenvalue weighted by atomic mass is 9.95. The Morgan fingerprint density at radius 1 is 0.804 bits per heavy atom. The molecular weight excluding hydrogens is 630 g/mol. The lowest BCUT2D eigenvalue weighted by Crippen LogP contribution is -2.41. The smallest absolute Gasteiger partial charge is 0.326 e. The summed E-state index contributed by atoms with van der Waals surface area (Å²) >= 11 is 0. The average Bonchev–Trinajstić information content (AvgIpc) is 3.48. The summed E-state index contributed by atoms with van der Waals surface area (Å²) < 4.78 is 26.1. The normalized spacial score (nSPS) is 12.5. The molecule has 1 aromatic heterocycles. The number of H-pyrrole nitrogens is 1. The van der Waals surface area contributed by atoms with Crippen molar-refractivity contribution in [3.63, 3.8) is 0 Å². The first-order chi connectivity index (χ1) is 21.7. The molecule has 2 atom stereocenters. The van der Waals surface area contributed by atoms with Crippen LogP contribution in [0.5, 0.6) is 0 Å². The molecule has 3 amide bonds. The number of sulfonamides is 1. The van der Waals surface area contributed by atoms with Crippen molar-refractivity contribution in [2.24, 2.45) is 5.92 Å². The van der Waals surface area contributed by atoms with E-state index in [1.165, 1.54) is 0 Å². The number of hydrogen-bond donors (Lipinski definition) is 6. The fourth-order valence-corrected chi connectivity index (χ4v) is 5.30. The summed E-state index contributed by atoms with van der Waals surface area (Å²) in [5.41, 5.74) is 0. The van der Waals surface area contributed by atoms with E-state index in [4.69, 9.17) is 0 Å². The molecule has 0 saturated carbocycles. The van der Waals surface area contributed by atoms with E-state index in [2.05, 4.69) is 31.3 Å². The van der Waals surface area contributed by atoms with Gasteiger partial charge in [0.05, 0.1) is 11.7 Å². The van der Waals surface area contributed by atoms with E-state index in [-0.39, 0.29) is 76.5 Å². The Labute approximate surface area is 266 Å².